The van der Waals surface area contributed by atoms with Crippen LogP contribution in [0.1, 0.15) is 25.3 Å². The highest BCUT2D eigenvalue weighted by Crippen LogP contribution is 2.29. The fourth-order valence-corrected chi connectivity index (χ4v) is 2.00. The quantitative estimate of drug-likeness (QED) is 0.482. The van der Waals surface area contributed by atoms with Crippen LogP contribution in [0.3, 0.4) is 0 Å². The van der Waals surface area contributed by atoms with Gasteiger partial charge in [-0.15, -0.1) is 0 Å². The molecule has 2 rings (SSSR count). The largest absolute Gasteiger partial charge is 0.398 e. The van der Waals surface area contributed by atoms with Crippen molar-refractivity contribution >= 4 is 11.4 Å². The number of hydrogen-bond donors (Lipinski definition) is 1. The Balaban J connectivity index is 2.18. The SMILES string of the molecule is CCN(Cc1cc([N+](=O)[O-])ccc1N)C1CC1. The number of hydrogen-bond acceptors (Lipinski definition) is 4. The summed E-state index contributed by atoms with van der Waals surface area (Å²) >= 11 is 0. The smallest absolute Gasteiger partial charge is 0.269 e. The molecule has 0 saturated heterocycles. The number of rotatable bonds is 5. The fraction of sp³-hybridized carbons (Fsp3) is 0.500. The standard InChI is InChI=1S/C12H17N3O2/c1-2-14(10-3-4-10)8-9-7-11(15(16)17)5-6-12(9)13/h5-7,10H,2-4,8,13H2,1H3. The molecule has 0 spiro atoms. The number of benzene rings is 1. The van der Waals surface area contributed by atoms with Crippen LogP contribution in [0.15, 0.2) is 18.2 Å². The molecule has 0 unspecified atom stereocenters. The Morgan fingerprint density at radius 1 is 1.53 bits per heavy atom. The molecule has 0 aliphatic heterocycles. The van der Waals surface area contributed by atoms with Crippen molar-refractivity contribution in [2.24, 2.45) is 0 Å². The van der Waals surface area contributed by atoms with Crippen LogP contribution in [0.2, 0.25) is 0 Å². The van der Waals surface area contributed by atoms with E-state index in [9.17, 15) is 10.1 Å². The summed E-state index contributed by atoms with van der Waals surface area (Å²) in [6.45, 7) is 3.76. The summed E-state index contributed by atoms with van der Waals surface area (Å²) < 4.78 is 0. The monoisotopic (exact) mass is 235 g/mol. The van der Waals surface area contributed by atoms with Crippen LogP contribution in [-0.4, -0.2) is 22.4 Å². The van der Waals surface area contributed by atoms with Crippen LogP contribution in [0, 0.1) is 10.1 Å². The van der Waals surface area contributed by atoms with Gasteiger partial charge in [-0.05, 0) is 31.0 Å². The molecule has 1 fully saturated rings. The zero-order valence-electron chi connectivity index (χ0n) is 9.93. The Hall–Kier alpha value is -1.62. The average Bonchev–Trinajstić information content (AvgIpc) is 3.11. The van der Waals surface area contributed by atoms with Gasteiger partial charge in [-0.1, -0.05) is 6.92 Å². The zero-order valence-corrected chi connectivity index (χ0v) is 9.93. The second kappa shape index (κ2) is 4.71. The van der Waals surface area contributed by atoms with Crippen LogP contribution in [0.5, 0.6) is 0 Å². The van der Waals surface area contributed by atoms with Crippen LogP contribution < -0.4 is 5.73 Å². The van der Waals surface area contributed by atoms with Crippen molar-refractivity contribution in [2.45, 2.75) is 32.4 Å². The third-order valence-electron chi connectivity index (χ3n) is 3.18. The molecular formula is C12H17N3O2. The third-order valence-corrected chi connectivity index (χ3v) is 3.18. The maximum atomic E-state index is 10.7. The summed E-state index contributed by atoms with van der Waals surface area (Å²) in [5.74, 6) is 0. The Labute approximate surface area is 100 Å². The molecule has 1 aliphatic carbocycles. The van der Waals surface area contributed by atoms with Gasteiger partial charge in [0, 0.05) is 30.4 Å². The minimum absolute atomic E-state index is 0.112. The normalized spacial score (nSPS) is 15.2. The van der Waals surface area contributed by atoms with Gasteiger partial charge in [-0.3, -0.25) is 15.0 Å². The molecule has 1 aromatic carbocycles. The average molecular weight is 235 g/mol. The molecule has 0 atom stereocenters. The number of anilines is 1. The fourth-order valence-electron chi connectivity index (χ4n) is 2.00. The van der Waals surface area contributed by atoms with Crippen molar-refractivity contribution in [1.82, 2.24) is 4.90 Å². The zero-order chi connectivity index (χ0) is 12.4. The van der Waals surface area contributed by atoms with Crippen molar-refractivity contribution in [3.63, 3.8) is 0 Å². The molecule has 5 nitrogen and oxygen atoms in total. The number of nitro benzene ring substituents is 1. The summed E-state index contributed by atoms with van der Waals surface area (Å²) in [6.07, 6.45) is 2.45. The van der Waals surface area contributed by atoms with Gasteiger partial charge in [-0.25, -0.2) is 0 Å². The Bertz CT molecular complexity index is 430. The first-order valence-electron chi connectivity index (χ1n) is 5.88. The number of nitrogens with zero attached hydrogens (tertiary/aromatic N) is 2. The second-order valence-corrected chi connectivity index (χ2v) is 4.43. The summed E-state index contributed by atoms with van der Waals surface area (Å²) in [5, 5.41) is 10.7. The van der Waals surface area contributed by atoms with Gasteiger partial charge >= 0.3 is 0 Å². The summed E-state index contributed by atoms with van der Waals surface area (Å²) in [5.41, 5.74) is 7.46. The summed E-state index contributed by atoms with van der Waals surface area (Å²) in [4.78, 5) is 12.7. The van der Waals surface area contributed by atoms with E-state index in [1.807, 2.05) is 0 Å². The first kappa shape index (κ1) is 11.9. The van der Waals surface area contributed by atoms with Gasteiger partial charge in [-0.2, -0.15) is 0 Å². The molecule has 5 heteroatoms. The molecule has 1 aliphatic rings. The highest BCUT2D eigenvalue weighted by molar-refractivity contribution is 5.52. The molecular weight excluding hydrogens is 218 g/mol. The van der Waals surface area contributed by atoms with E-state index in [0.717, 1.165) is 12.1 Å². The van der Waals surface area contributed by atoms with Crippen LogP contribution in [0.4, 0.5) is 11.4 Å². The maximum Gasteiger partial charge on any atom is 0.269 e. The van der Waals surface area contributed by atoms with E-state index in [0.29, 0.717) is 18.3 Å². The predicted octanol–water partition coefficient (Wildman–Crippen LogP) is 2.16. The van der Waals surface area contributed by atoms with Gasteiger partial charge < -0.3 is 5.73 Å². The predicted molar refractivity (Wildman–Crippen MR) is 66.6 cm³/mol. The molecule has 0 heterocycles. The summed E-state index contributed by atoms with van der Waals surface area (Å²) in [6, 6.07) is 5.29. The lowest BCUT2D eigenvalue weighted by molar-refractivity contribution is -0.384. The van der Waals surface area contributed by atoms with Gasteiger partial charge in [0.1, 0.15) is 0 Å². The van der Waals surface area contributed by atoms with E-state index in [1.165, 1.54) is 18.9 Å². The van der Waals surface area contributed by atoms with Gasteiger partial charge in [0.15, 0.2) is 0 Å². The molecule has 17 heavy (non-hydrogen) atoms. The molecule has 0 amide bonds. The van der Waals surface area contributed by atoms with Crippen LogP contribution in [0.25, 0.3) is 0 Å². The van der Waals surface area contributed by atoms with E-state index < -0.39 is 0 Å². The number of non-ortho nitro benzene ring substituents is 1. The number of nitrogens with two attached hydrogens (primary N) is 1. The van der Waals surface area contributed by atoms with Crippen LogP contribution >= 0.6 is 0 Å². The van der Waals surface area contributed by atoms with E-state index >= 15 is 0 Å². The Morgan fingerprint density at radius 2 is 2.24 bits per heavy atom. The van der Waals surface area contributed by atoms with Crippen molar-refractivity contribution in [3.05, 3.63) is 33.9 Å². The van der Waals surface area contributed by atoms with Crippen molar-refractivity contribution in [1.29, 1.82) is 0 Å². The highest BCUT2D eigenvalue weighted by Gasteiger charge is 2.28. The third kappa shape index (κ3) is 2.74. The molecule has 2 N–H and O–H groups in total. The van der Waals surface area contributed by atoms with E-state index in [-0.39, 0.29) is 10.6 Å². The molecule has 0 aromatic heterocycles. The summed E-state index contributed by atoms with van der Waals surface area (Å²) in [7, 11) is 0. The van der Waals surface area contributed by atoms with E-state index in [1.54, 1.807) is 12.1 Å². The lowest BCUT2D eigenvalue weighted by Crippen LogP contribution is -2.25. The van der Waals surface area contributed by atoms with Crippen LogP contribution in [-0.2, 0) is 6.54 Å². The van der Waals surface area contributed by atoms with Crippen molar-refractivity contribution < 1.29 is 4.92 Å². The van der Waals surface area contributed by atoms with E-state index in [2.05, 4.69) is 11.8 Å². The second-order valence-electron chi connectivity index (χ2n) is 4.43. The lowest BCUT2D eigenvalue weighted by Gasteiger charge is -2.20. The minimum Gasteiger partial charge on any atom is -0.398 e. The molecule has 1 saturated carbocycles. The Morgan fingerprint density at radius 3 is 2.76 bits per heavy atom. The van der Waals surface area contributed by atoms with Gasteiger partial charge in [0.2, 0.25) is 0 Å². The maximum absolute atomic E-state index is 10.7. The van der Waals surface area contributed by atoms with Crippen molar-refractivity contribution in [3.8, 4) is 0 Å². The minimum atomic E-state index is -0.379. The lowest BCUT2D eigenvalue weighted by atomic mass is 10.1. The van der Waals surface area contributed by atoms with Gasteiger partial charge in [0.25, 0.3) is 5.69 Å². The van der Waals surface area contributed by atoms with Crippen molar-refractivity contribution in [2.75, 3.05) is 12.3 Å². The highest BCUT2D eigenvalue weighted by atomic mass is 16.6. The first-order valence-corrected chi connectivity index (χ1v) is 5.88. The molecule has 0 bridgehead atoms. The molecule has 0 radical (unpaired) electrons. The topological polar surface area (TPSA) is 72.4 Å². The first-order chi connectivity index (χ1) is 8.11. The van der Waals surface area contributed by atoms with E-state index in [4.69, 9.17) is 5.73 Å². The number of nitro groups is 1. The molecule has 1 aromatic rings. The Kier molecular flexibility index (Phi) is 3.28. The molecule has 92 valence electrons. The van der Waals surface area contributed by atoms with Gasteiger partial charge in [0.05, 0.1) is 4.92 Å². The number of nitrogen functional groups attached to an aromatic ring is 1.